The topological polar surface area (TPSA) is 81.0 Å². The van der Waals surface area contributed by atoms with Crippen LogP contribution in [0.25, 0.3) is 4.96 Å². The Balaban J connectivity index is 1.76. The van der Waals surface area contributed by atoms with Crippen LogP contribution in [0.3, 0.4) is 0 Å². The van der Waals surface area contributed by atoms with Gasteiger partial charge < -0.3 is 9.64 Å². The first-order valence-electron chi connectivity index (χ1n) is 7.94. The molecule has 0 aromatic carbocycles. The SMILES string of the molecule is CCOC(=O)C1CCN(C(=O)c2cnc3scc(C)n3c2=O)CC1. The Kier molecular flexibility index (Phi) is 4.66. The van der Waals surface area contributed by atoms with Crippen LogP contribution in [-0.2, 0) is 9.53 Å². The van der Waals surface area contributed by atoms with Gasteiger partial charge in [-0.3, -0.25) is 18.8 Å². The minimum atomic E-state index is -0.337. The van der Waals surface area contributed by atoms with E-state index in [1.54, 1.807) is 11.8 Å². The molecule has 2 aromatic heterocycles. The summed E-state index contributed by atoms with van der Waals surface area (Å²) in [5.74, 6) is -0.703. The zero-order valence-corrected chi connectivity index (χ0v) is 14.5. The van der Waals surface area contributed by atoms with E-state index in [9.17, 15) is 14.4 Å². The molecule has 0 N–H and O–H groups in total. The van der Waals surface area contributed by atoms with Gasteiger partial charge in [-0.05, 0) is 26.7 Å². The molecule has 0 spiro atoms. The molecule has 3 heterocycles. The molecule has 1 saturated heterocycles. The summed E-state index contributed by atoms with van der Waals surface area (Å²) in [6, 6.07) is 0. The fraction of sp³-hybridized carbons (Fsp3) is 0.500. The minimum absolute atomic E-state index is 0.0728. The highest BCUT2D eigenvalue weighted by Crippen LogP contribution is 2.20. The molecule has 1 aliphatic rings. The second-order valence-electron chi connectivity index (χ2n) is 5.79. The van der Waals surface area contributed by atoms with Crippen molar-refractivity contribution in [1.82, 2.24) is 14.3 Å². The van der Waals surface area contributed by atoms with Gasteiger partial charge in [0, 0.05) is 30.4 Å². The van der Waals surface area contributed by atoms with Crippen LogP contribution in [0.2, 0.25) is 0 Å². The van der Waals surface area contributed by atoms with Crippen molar-refractivity contribution in [3.8, 4) is 0 Å². The van der Waals surface area contributed by atoms with Gasteiger partial charge in [0.1, 0.15) is 5.56 Å². The van der Waals surface area contributed by atoms with E-state index in [1.807, 2.05) is 12.3 Å². The molecule has 8 heteroatoms. The summed E-state index contributed by atoms with van der Waals surface area (Å²) in [5.41, 5.74) is 0.503. The molecule has 2 aromatic rings. The van der Waals surface area contributed by atoms with E-state index >= 15 is 0 Å². The molecule has 1 fully saturated rings. The molecule has 24 heavy (non-hydrogen) atoms. The van der Waals surface area contributed by atoms with Gasteiger partial charge in [0.05, 0.1) is 12.5 Å². The lowest BCUT2D eigenvalue weighted by molar-refractivity contribution is -0.149. The Labute approximate surface area is 142 Å². The monoisotopic (exact) mass is 349 g/mol. The lowest BCUT2D eigenvalue weighted by atomic mass is 9.96. The maximum atomic E-state index is 12.7. The van der Waals surface area contributed by atoms with Gasteiger partial charge in [-0.2, -0.15) is 0 Å². The summed E-state index contributed by atoms with van der Waals surface area (Å²) < 4.78 is 6.49. The number of nitrogens with zero attached hydrogens (tertiary/aromatic N) is 3. The summed E-state index contributed by atoms with van der Waals surface area (Å²) in [7, 11) is 0. The van der Waals surface area contributed by atoms with Crippen LogP contribution in [0.1, 0.15) is 35.8 Å². The van der Waals surface area contributed by atoms with Gasteiger partial charge in [0.25, 0.3) is 11.5 Å². The average molecular weight is 349 g/mol. The summed E-state index contributed by atoms with van der Waals surface area (Å²) >= 11 is 1.37. The van der Waals surface area contributed by atoms with E-state index in [4.69, 9.17) is 4.74 Å². The van der Waals surface area contributed by atoms with Gasteiger partial charge in [-0.1, -0.05) is 0 Å². The van der Waals surface area contributed by atoms with Crippen molar-refractivity contribution in [3.05, 3.63) is 33.2 Å². The van der Waals surface area contributed by atoms with Crippen molar-refractivity contribution in [2.75, 3.05) is 19.7 Å². The van der Waals surface area contributed by atoms with Gasteiger partial charge >= 0.3 is 5.97 Å². The van der Waals surface area contributed by atoms with Crippen molar-refractivity contribution in [2.45, 2.75) is 26.7 Å². The second-order valence-corrected chi connectivity index (χ2v) is 6.63. The third-order valence-corrected chi connectivity index (χ3v) is 5.21. The summed E-state index contributed by atoms with van der Waals surface area (Å²) in [6.45, 7) is 4.83. The Morgan fingerprint density at radius 2 is 2.08 bits per heavy atom. The van der Waals surface area contributed by atoms with E-state index in [0.717, 1.165) is 5.69 Å². The van der Waals surface area contributed by atoms with Crippen LogP contribution in [0.4, 0.5) is 0 Å². The Bertz CT molecular complexity index is 833. The van der Waals surface area contributed by atoms with Crippen LogP contribution in [0, 0.1) is 12.8 Å². The number of piperidine rings is 1. The Hall–Kier alpha value is -2.22. The van der Waals surface area contributed by atoms with Crippen molar-refractivity contribution >= 4 is 28.2 Å². The number of rotatable bonds is 3. The van der Waals surface area contributed by atoms with Crippen LogP contribution in [0.5, 0.6) is 0 Å². The normalized spacial score (nSPS) is 15.7. The first-order chi connectivity index (χ1) is 11.5. The Morgan fingerprint density at radius 3 is 2.75 bits per heavy atom. The number of thiazole rings is 1. The van der Waals surface area contributed by atoms with Crippen molar-refractivity contribution in [1.29, 1.82) is 0 Å². The molecule has 0 radical (unpaired) electrons. The number of hydrogen-bond acceptors (Lipinski definition) is 6. The summed E-state index contributed by atoms with van der Waals surface area (Å²) in [5, 5.41) is 1.84. The highest BCUT2D eigenvalue weighted by atomic mass is 32.1. The van der Waals surface area contributed by atoms with Crippen LogP contribution in [0.15, 0.2) is 16.4 Å². The van der Waals surface area contributed by atoms with Gasteiger partial charge in [0.15, 0.2) is 4.96 Å². The molecular weight excluding hydrogens is 330 g/mol. The molecule has 0 atom stereocenters. The third-order valence-electron chi connectivity index (χ3n) is 4.25. The molecule has 0 aliphatic carbocycles. The lowest BCUT2D eigenvalue weighted by Gasteiger charge is -2.30. The second kappa shape index (κ2) is 6.72. The van der Waals surface area contributed by atoms with Crippen LogP contribution < -0.4 is 5.56 Å². The number of hydrogen-bond donors (Lipinski definition) is 0. The van der Waals surface area contributed by atoms with Crippen molar-refractivity contribution < 1.29 is 14.3 Å². The zero-order valence-electron chi connectivity index (χ0n) is 13.7. The molecule has 128 valence electrons. The summed E-state index contributed by atoms with van der Waals surface area (Å²) in [4.78, 5) is 43.4. The number of carbonyl (C=O) groups is 2. The van der Waals surface area contributed by atoms with E-state index in [-0.39, 0.29) is 28.9 Å². The number of ether oxygens (including phenoxy) is 1. The van der Waals surface area contributed by atoms with Crippen LogP contribution >= 0.6 is 11.3 Å². The number of likely N-dealkylation sites (tertiary alicyclic amines) is 1. The predicted molar refractivity (Wildman–Crippen MR) is 89.3 cm³/mol. The maximum Gasteiger partial charge on any atom is 0.309 e. The zero-order chi connectivity index (χ0) is 17.3. The Morgan fingerprint density at radius 1 is 1.38 bits per heavy atom. The average Bonchev–Trinajstić information content (AvgIpc) is 2.97. The smallest absolute Gasteiger partial charge is 0.309 e. The number of amides is 1. The van der Waals surface area contributed by atoms with Gasteiger partial charge in [0.2, 0.25) is 0 Å². The first kappa shape index (κ1) is 16.6. The number of aromatic nitrogens is 2. The first-order valence-corrected chi connectivity index (χ1v) is 8.82. The number of esters is 1. The lowest BCUT2D eigenvalue weighted by Crippen LogP contribution is -2.42. The van der Waals surface area contributed by atoms with E-state index in [1.165, 1.54) is 21.9 Å². The minimum Gasteiger partial charge on any atom is -0.466 e. The van der Waals surface area contributed by atoms with Crippen molar-refractivity contribution in [2.24, 2.45) is 5.92 Å². The summed E-state index contributed by atoms with van der Waals surface area (Å²) in [6.07, 6.45) is 2.46. The number of fused-ring (bicyclic) bond motifs is 1. The maximum absolute atomic E-state index is 12.7. The predicted octanol–water partition coefficient (Wildman–Crippen LogP) is 1.48. The fourth-order valence-corrected chi connectivity index (χ4v) is 3.75. The highest BCUT2D eigenvalue weighted by molar-refractivity contribution is 7.15. The van der Waals surface area contributed by atoms with Crippen molar-refractivity contribution in [3.63, 3.8) is 0 Å². The molecule has 1 aliphatic heterocycles. The molecule has 7 nitrogen and oxygen atoms in total. The van der Waals surface area contributed by atoms with E-state index in [2.05, 4.69) is 4.98 Å². The fourth-order valence-electron chi connectivity index (χ4n) is 2.92. The van der Waals surface area contributed by atoms with Crippen LogP contribution in [-0.4, -0.2) is 45.9 Å². The quantitative estimate of drug-likeness (QED) is 0.784. The van der Waals surface area contributed by atoms with E-state index in [0.29, 0.717) is 37.5 Å². The standard InChI is InChI=1S/C16H19N3O4S/c1-3-23-15(22)11-4-6-18(7-5-11)13(20)12-8-17-16-19(14(12)21)10(2)9-24-16/h8-9,11H,3-7H2,1-2H3. The van der Waals surface area contributed by atoms with E-state index < -0.39 is 0 Å². The molecule has 1 amide bonds. The molecular formula is C16H19N3O4S. The molecule has 0 bridgehead atoms. The molecule has 3 rings (SSSR count). The third kappa shape index (κ3) is 2.93. The number of aryl methyl sites for hydroxylation is 1. The largest absolute Gasteiger partial charge is 0.466 e. The number of carbonyl (C=O) groups excluding carboxylic acids is 2. The van der Waals surface area contributed by atoms with Gasteiger partial charge in [-0.15, -0.1) is 11.3 Å². The molecule has 0 unspecified atom stereocenters. The van der Waals surface area contributed by atoms with Gasteiger partial charge in [-0.25, -0.2) is 4.98 Å². The highest BCUT2D eigenvalue weighted by Gasteiger charge is 2.30. The molecule has 0 saturated carbocycles.